The molecule has 0 saturated carbocycles. The third-order valence-electron chi connectivity index (χ3n) is 2.60. The van der Waals surface area contributed by atoms with Gasteiger partial charge < -0.3 is 0 Å². The van der Waals surface area contributed by atoms with Crippen molar-refractivity contribution in [2.75, 3.05) is 0 Å². The summed E-state index contributed by atoms with van der Waals surface area (Å²) in [5, 5.41) is 0. The van der Waals surface area contributed by atoms with Crippen LogP contribution in [-0.4, -0.2) is 24.4 Å². The summed E-state index contributed by atoms with van der Waals surface area (Å²) in [6.07, 6.45) is 0. The molecule has 0 unspecified atom stereocenters. The van der Waals surface area contributed by atoms with Crippen molar-refractivity contribution in [1.29, 1.82) is 0 Å². The van der Waals surface area contributed by atoms with Gasteiger partial charge in [-0.1, -0.05) is 67.6 Å². The Morgan fingerprint density at radius 3 is 1.33 bits per heavy atom. The molecular formula is C14H17Sb. The summed E-state index contributed by atoms with van der Waals surface area (Å²) >= 11 is 0. The minimum absolute atomic E-state index is 0. The molecule has 0 atom stereocenters. The standard InChI is InChI=1S/C14H14.Sb.3H/c1-12(13-8-4-2-5-9-13)14-10-6-3-7-11-14;;;;/h2-12H,1H3;;;;. The zero-order valence-electron chi connectivity index (χ0n) is 9.06. The molecule has 0 aromatic heterocycles. The van der Waals surface area contributed by atoms with Crippen LogP contribution in [-0.2, 0) is 0 Å². The van der Waals surface area contributed by atoms with Gasteiger partial charge in [-0.05, 0) is 11.1 Å². The molecule has 1 heteroatoms. The van der Waals surface area contributed by atoms with Gasteiger partial charge in [0.1, 0.15) is 0 Å². The second-order valence-corrected chi connectivity index (χ2v) is 3.54. The van der Waals surface area contributed by atoms with E-state index in [0.717, 1.165) is 0 Å². The van der Waals surface area contributed by atoms with Gasteiger partial charge in [-0.25, -0.2) is 0 Å². The van der Waals surface area contributed by atoms with E-state index in [1.54, 1.807) is 0 Å². The Balaban J connectivity index is 0.00000112. The van der Waals surface area contributed by atoms with E-state index in [4.69, 9.17) is 0 Å². The molecule has 0 aliphatic heterocycles. The van der Waals surface area contributed by atoms with Crippen molar-refractivity contribution in [3.05, 3.63) is 71.8 Å². The van der Waals surface area contributed by atoms with E-state index in [0.29, 0.717) is 5.92 Å². The number of rotatable bonds is 2. The average Bonchev–Trinajstić information content (AvgIpc) is 2.30. The Labute approximate surface area is 109 Å². The summed E-state index contributed by atoms with van der Waals surface area (Å²) in [7, 11) is 0. The molecule has 0 spiro atoms. The molecule has 0 N–H and O–H groups in total. The van der Waals surface area contributed by atoms with Crippen LogP contribution in [0.15, 0.2) is 60.7 Å². The molecule has 78 valence electrons. The number of hydrogen-bond donors (Lipinski definition) is 0. The van der Waals surface area contributed by atoms with Gasteiger partial charge in [0.15, 0.2) is 0 Å². The van der Waals surface area contributed by atoms with E-state index in [-0.39, 0.29) is 24.4 Å². The monoisotopic (exact) mass is 306 g/mol. The fourth-order valence-corrected chi connectivity index (χ4v) is 1.68. The summed E-state index contributed by atoms with van der Waals surface area (Å²) in [5.74, 6) is 0.484. The van der Waals surface area contributed by atoms with E-state index in [9.17, 15) is 0 Å². The van der Waals surface area contributed by atoms with Gasteiger partial charge in [0.05, 0.1) is 0 Å². The normalized spacial score (nSPS) is 9.73. The maximum atomic E-state index is 2.24. The fourth-order valence-electron chi connectivity index (χ4n) is 1.68. The molecule has 0 fully saturated rings. The van der Waals surface area contributed by atoms with Gasteiger partial charge in [0.25, 0.3) is 0 Å². The third-order valence-corrected chi connectivity index (χ3v) is 2.60. The summed E-state index contributed by atoms with van der Waals surface area (Å²) < 4.78 is 0. The SMILES string of the molecule is CC(c1ccccc1)c1ccccc1.[SbH3]. The van der Waals surface area contributed by atoms with Gasteiger partial charge >= 0.3 is 24.4 Å². The first-order chi connectivity index (χ1) is 6.88. The predicted molar refractivity (Wildman–Crippen MR) is 70.3 cm³/mol. The van der Waals surface area contributed by atoms with Crippen LogP contribution in [0, 0.1) is 0 Å². The molecule has 0 amide bonds. The molecule has 0 aliphatic carbocycles. The van der Waals surface area contributed by atoms with Gasteiger partial charge in [0, 0.05) is 5.92 Å². The van der Waals surface area contributed by atoms with E-state index in [1.165, 1.54) is 11.1 Å². The van der Waals surface area contributed by atoms with Crippen molar-refractivity contribution >= 4 is 24.4 Å². The second-order valence-electron chi connectivity index (χ2n) is 3.54. The Hall–Kier alpha value is -0.742. The molecule has 2 aromatic rings. The Kier molecular flexibility index (Phi) is 4.91. The molecule has 0 radical (unpaired) electrons. The molecule has 2 rings (SSSR count). The molecule has 15 heavy (non-hydrogen) atoms. The Morgan fingerprint density at radius 1 is 0.667 bits per heavy atom. The van der Waals surface area contributed by atoms with Gasteiger partial charge in [-0.2, -0.15) is 0 Å². The fraction of sp³-hybridized carbons (Fsp3) is 0.143. The summed E-state index contributed by atoms with van der Waals surface area (Å²) in [6.45, 7) is 2.24. The average molecular weight is 307 g/mol. The Morgan fingerprint density at radius 2 is 1.00 bits per heavy atom. The Bertz CT molecular complexity index is 341. The van der Waals surface area contributed by atoms with Crippen molar-refractivity contribution in [2.45, 2.75) is 12.8 Å². The number of hydrogen-bond acceptors (Lipinski definition) is 0. The van der Waals surface area contributed by atoms with Gasteiger partial charge in [-0.15, -0.1) is 0 Å². The third kappa shape index (κ3) is 3.11. The van der Waals surface area contributed by atoms with E-state index >= 15 is 0 Å². The van der Waals surface area contributed by atoms with Gasteiger partial charge in [0.2, 0.25) is 0 Å². The molecule has 0 aliphatic rings. The molecule has 0 heterocycles. The van der Waals surface area contributed by atoms with Crippen LogP contribution < -0.4 is 0 Å². The number of benzene rings is 2. The van der Waals surface area contributed by atoms with Crippen LogP contribution in [0.25, 0.3) is 0 Å². The topological polar surface area (TPSA) is 0 Å². The zero-order valence-corrected chi connectivity index (χ0v) is 13.1. The zero-order chi connectivity index (χ0) is 9.80. The predicted octanol–water partition coefficient (Wildman–Crippen LogP) is 2.65. The van der Waals surface area contributed by atoms with Crippen molar-refractivity contribution in [3.63, 3.8) is 0 Å². The van der Waals surface area contributed by atoms with Crippen LogP contribution in [0.5, 0.6) is 0 Å². The van der Waals surface area contributed by atoms with Crippen LogP contribution in [0.2, 0.25) is 0 Å². The van der Waals surface area contributed by atoms with Crippen LogP contribution in [0.3, 0.4) is 0 Å². The van der Waals surface area contributed by atoms with E-state index in [2.05, 4.69) is 67.6 Å². The van der Waals surface area contributed by atoms with Crippen LogP contribution in [0.1, 0.15) is 24.0 Å². The van der Waals surface area contributed by atoms with Crippen molar-refractivity contribution in [2.24, 2.45) is 0 Å². The van der Waals surface area contributed by atoms with E-state index < -0.39 is 0 Å². The second kappa shape index (κ2) is 5.98. The van der Waals surface area contributed by atoms with E-state index in [1.807, 2.05) is 0 Å². The summed E-state index contributed by atoms with van der Waals surface area (Å²) in [5.41, 5.74) is 2.75. The quantitative estimate of drug-likeness (QED) is 0.748. The molecule has 2 aromatic carbocycles. The first kappa shape index (κ1) is 12.3. The minimum atomic E-state index is 0. The molecule has 0 nitrogen and oxygen atoms in total. The first-order valence-electron chi connectivity index (χ1n) is 4.98. The molecular weight excluding hydrogens is 290 g/mol. The maximum absolute atomic E-state index is 2.24. The van der Waals surface area contributed by atoms with Crippen LogP contribution in [0.4, 0.5) is 0 Å². The van der Waals surface area contributed by atoms with Crippen molar-refractivity contribution < 1.29 is 0 Å². The summed E-state index contributed by atoms with van der Waals surface area (Å²) in [4.78, 5) is 0. The first-order valence-corrected chi connectivity index (χ1v) is 4.98. The summed E-state index contributed by atoms with van der Waals surface area (Å²) in [6, 6.07) is 21.2. The molecule has 0 saturated heterocycles. The molecule has 0 bridgehead atoms. The van der Waals surface area contributed by atoms with Crippen molar-refractivity contribution in [3.8, 4) is 0 Å². The van der Waals surface area contributed by atoms with Crippen LogP contribution >= 0.6 is 0 Å². The van der Waals surface area contributed by atoms with Gasteiger partial charge in [-0.3, -0.25) is 0 Å². The van der Waals surface area contributed by atoms with Crippen molar-refractivity contribution in [1.82, 2.24) is 0 Å².